The average molecular weight is 342 g/mol. The maximum atomic E-state index is 14.1. The Bertz CT molecular complexity index is 844. The van der Waals surface area contributed by atoms with E-state index >= 15 is 0 Å². The number of aryl methyl sites for hydroxylation is 1. The van der Waals surface area contributed by atoms with Crippen LogP contribution in [0.1, 0.15) is 29.4 Å². The summed E-state index contributed by atoms with van der Waals surface area (Å²) in [5.41, 5.74) is -1.27. The van der Waals surface area contributed by atoms with E-state index in [0.717, 1.165) is 19.2 Å². The molecule has 0 spiro atoms. The van der Waals surface area contributed by atoms with E-state index in [1.165, 1.54) is 6.92 Å². The first-order chi connectivity index (χ1) is 11.3. The van der Waals surface area contributed by atoms with Gasteiger partial charge in [0.2, 0.25) is 11.2 Å². The van der Waals surface area contributed by atoms with Crippen molar-refractivity contribution < 1.29 is 32.2 Å². The molecule has 0 saturated heterocycles. The molecule has 1 atom stereocenters. The Morgan fingerprint density at radius 1 is 1.29 bits per heavy atom. The number of halogens is 3. The highest BCUT2D eigenvalue weighted by atomic mass is 19.2. The zero-order chi connectivity index (χ0) is 18.0. The van der Waals surface area contributed by atoms with Gasteiger partial charge in [-0.25, -0.2) is 13.2 Å². The predicted octanol–water partition coefficient (Wildman–Crippen LogP) is 2.77. The summed E-state index contributed by atoms with van der Waals surface area (Å²) in [6.07, 6.45) is -0.557. The van der Waals surface area contributed by atoms with Crippen molar-refractivity contribution in [1.29, 1.82) is 0 Å². The van der Waals surface area contributed by atoms with Gasteiger partial charge in [-0.15, -0.1) is 0 Å². The molecule has 0 aliphatic carbocycles. The predicted molar refractivity (Wildman–Crippen MR) is 76.2 cm³/mol. The zero-order valence-electron chi connectivity index (χ0n) is 12.7. The Kier molecular flexibility index (Phi) is 4.96. The number of rotatable bonds is 4. The number of esters is 1. The molecule has 2 aromatic rings. The van der Waals surface area contributed by atoms with Crippen LogP contribution in [-0.2, 0) is 9.53 Å². The van der Waals surface area contributed by atoms with Gasteiger partial charge >= 0.3 is 5.97 Å². The van der Waals surface area contributed by atoms with Crippen molar-refractivity contribution in [3.05, 3.63) is 63.0 Å². The molecule has 0 amide bonds. The molecule has 1 N–H and O–H groups in total. The van der Waals surface area contributed by atoms with E-state index in [4.69, 9.17) is 4.42 Å². The second-order valence-corrected chi connectivity index (χ2v) is 5.03. The highest BCUT2D eigenvalue weighted by Gasteiger charge is 2.30. The summed E-state index contributed by atoms with van der Waals surface area (Å²) >= 11 is 0. The third kappa shape index (κ3) is 3.27. The largest absolute Gasteiger partial charge is 0.502 e. The summed E-state index contributed by atoms with van der Waals surface area (Å²) < 4.78 is 50.5. The van der Waals surface area contributed by atoms with Crippen LogP contribution in [0.3, 0.4) is 0 Å². The molecule has 0 aliphatic rings. The first-order valence-corrected chi connectivity index (χ1v) is 6.80. The van der Waals surface area contributed by atoms with Crippen LogP contribution in [0.25, 0.3) is 0 Å². The Morgan fingerprint density at radius 2 is 1.96 bits per heavy atom. The van der Waals surface area contributed by atoms with Gasteiger partial charge < -0.3 is 14.3 Å². The fourth-order valence-corrected chi connectivity index (χ4v) is 2.27. The third-order valence-corrected chi connectivity index (χ3v) is 3.43. The Hall–Kier alpha value is -2.77. The summed E-state index contributed by atoms with van der Waals surface area (Å²) in [7, 11) is 1.08. The van der Waals surface area contributed by atoms with Gasteiger partial charge in [0.25, 0.3) is 0 Å². The van der Waals surface area contributed by atoms with Gasteiger partial charge in [0, 0.05) is 11.6 Å². The monoisotopic (exact) mass is 342 g/mol. The summed E-state index contributed by atoms with van der Waals surface area (Å²) in [4.78, 5) is 23.3. The van der Waals surface area contributed by atoms with Gasteiger partial charge in [0.05, 0.1) is 19.4 Å². The molecule has 5 nitrogen and oxygen atoms in total. The molecule has 24 heavy (non-hydrogen) atoms. The van der Waals surface area contributed by atoms with E-state index in [9.17, 15) is 27.9 Å². The topological polar surface area (TPSA) is 76.7 Å². The van der Waals surface area contributed by atoms with Gasteiger partial charge in [-0.3, -0.25) is 9.59 Å². The maximum absolute atomic E-state index is 14.1. The van der Waals surface area contributed by atoms with Crippen molar-refractivity contribution >= 4 is 5.97 Å². The quantitative estimate of drug-likeness (QED) is 0.683. The van der Waals surface area contributed by atoms with Gasteiger partial charge in [-0.1, -0.05) is 6.07 Å². The van der Waals surface area contributed by atoms with Crippen LogP contribution in [0.15, 0.2) is 27.4 Å². The Labute approximate surface area is 134 Å². The lowest BCUT2D eigenvalue weighted by atomic mass is 9.91. The maximum Gasteiger partial charge on any atom is 0.306 e. The SMILES string of the molecule is COC(=O)C[C@@H](c1ccc(F)c(F)c1F)c1oc(C)cc(=O)c1O. The average Bonchev–Trinajstić information content (AvgIpc) is 2.54. The number of aromatic hydroxyl groups is 1. The molecule has 1 aromatic heterocycles. The highest BCUT2D eigenvalue weighted by Crippen LogP contribution is 2.35. The summed E-state index contributed by atoms with van der Waals surface area (Å²) in [6, 6.07) is 2.57. The standard InChI is InChI=1S/C16H13F3O5/c1-7-5-11(20)15(22)16(24-7)9(6-12(21)23-2)8-3-4-10(17)14(19)13(8)18/h3-5,9,22H,6H2,1-2H3/t9-/m0/s1. The van der Waals surface area contributed by atoms with Crippen LogP contribution in [0, 0.1) is 24.4 Å². The minimum atomic E-state index is -1.74. The number of carbonyl (C=O) groups is 1. The zero-order valence-corrected chi connectivity index (χ0v) is 12.7. The van der Waals surface area contributed by atoms with Crippen molar-refractivity contribution in [2.24, 2.45) is 0 Å². The summed E-state index contributed by atoms with van der Waals surface area (Å²) in [5.74, 6) is -8.10. The normalized spacial score (nSPS) is 12.0. The first-order valence-electron chi connectivity index (χ1n) is 6.80. The number of methoxy groups -OCH3 is 1. The van der Waals surface area contributed by atoms with E-state index in [0.29, 0.717) is 6.07 Å². The van der Waals surface area contributed by atoms with Crippen LogP contribution in [0.4, 0.5) is 13.2 Å². The molecular formula is C16H13F3O5. The van der Waals surface area contributed by atoms with Gasteiger partial charge in [0.1, 0.15) is 5.76 Å². The number of hydrogen-bond acceptors (Lipinski definition) is 5. The molecule has 0 saturated carbocycles. The second kappa shape index (κ2) is 6.77. The molecule has 0 bridgehead atoms. The van der Waals surface area contributed by atoms with E-state index in [1.807, 2.05) is 0 Å². The second-order valence-electron chi connectivity index (χ2n) is 5.03. The number of benzene rings is 1. The van der Waals surface area contributed by atoms with Crippen molar-refractivity contribution in [3.8, 4) is 5.75 Å². The van der Waals surface area contributed by atoms with Crippen molar-refractivity contribution in [1.82, 2.24) is 0 Å². The lowest BCUT2D eigenvalue weighted by Crippen LogP contribution is -2.15. The molecule has 0 radical (unpaired) electrons. The van der Waals surface area contributed by atoms with E-state index in [2.05, 4.69) is 4.74 Å². The molecule has 128 valence electrons. The Morgan fingerprint density at radius 3 is 2.58 bits per heavy atom. The first kappa shape index (κ1) is 17.6. The molecule has 0 fully saturated rings. The fourth-order valence-electron chi connectivity index (χ4n) is 2.27. The third-order valence-electron chi connectivity index (χ3n) is 3.43. The molecule has 0 unspecified atom stereocenters. The molecule has 8 heteroatoms. The minimum absolute atomic E-state index is 0.0886. The lowest BCUT2D eigenvalue weighted by Gasteiger charge is -2.18. The smallest absolute Gasteiger partial charge is 0.306 e. The number of hydrogen-bond donors (Lipinski definition) is 1. The van der Waals surface area contributed by atoms with E-state index < -0.39 is 58.3 Å². The van der Waals surface area contributed by atoms with E-state index in [-0.39, 0.29) is 5.76 Å². The Balaban J connectivity index is 2.69. The summed E-state index contributed by atoms with van der Waals surface area (Å²) in [6.45, 7) is 1.40. The number of ether oxygens (including phenoxy) is 1. The van der Waals surface area contributed by atoms with Crippen molar-refractivity contribution in [3.63, 3.8) is 0 Å². The van der Waals surface area contributed by atoms with Crippen LogP contribution in [-0.4, -0.2) is 18.2 Å². The van der Waals surface area contributed by atoms with Crippen molar-refractivity contribution in [2.45, 2.75) is 19.3 Å². The van der Waals surface area contributed by atoms with E-state index in [1.54, 1.807) is 0 Å². The molecule has 2 rings (SSSR count). The molecule has 1 heterocycles. The van der Waals surface area contributed by atoms with Crippen LogP contribution >= 0.6 is 0 Å². The summed E-state index contributed by atoms with van der Waals surface area (Å²) in [5, 5.41) is 9.91. The van der Waals surface area contributed by atoms with Crippen LogP contribution in [0.2, 0.25) is 0 Å². The molecule has 1 aromatic carbocycles. The van der Waals surface area contributed by atoms with Gasteiger partial charge in [-0.05, 0) is 13.0 Å². The fraction of sp³-hybridized carbons (Fsp3) is 0.250. The lowest BCUT2D eigenvalue weighted by molar-refractivity contribution is -0.140. The minimum Gasteiger partial charge on any atom is -0.502 e. The number of carbonyl (C=O) groups excluding carboxylic acids is 1. The van der Waals surface area contributed by atoms with Gasteiger partial charge in [0.15, 0.2) is 23.2 Å². The highest BCUT2D eigenvalue weighted by molar-refractivity contribution is 5.71. The van der Waals surface area contributed by atoms with Crippen LogP contribution < -0.4 is 5.43 Å². The van der Waals surface area contributed by atoms with Crippen LogP contribution in [0.5, 0.6) is 5.75 Å². The molecule has 0 aliphatic heterocycles. The van der Waals surface area contributed by atoms with Crippen molar-refractivity contribution in [2.75, 3.05) is 7.11 Å². The molecular weight excluding hydrogens is 329 g/mol. The van der Waals surface area contributed by atoms with Gasteiger partial charge in [-0.2, -0.15) is 0 Å².